The van der Waals surface area contributed by atoms with Gasteiger partial charge in [0.1, 0.15) is 0 Å². The Morgan fingerprint density at radius 1 is 1.24 bits per heavy atom. The van der Waals surface area contributed by atoms with E-state index < -0.39 is 11.9 Å². The van der Waals surface area contributed by atoms with Gasteiger partial charge in [-0.25, -0.2) is 4.79 Å². The van der Waals surface area contributed by atoms with Crippen LogP contribution in [0.1, 0.15) is 25.3 Å². The Morgan fingerprint density at radius 3 is 2.43 bits per heavy atom. The van der Waals surface area contributed by atoms with E-state index in [-0.39, 0.29) is 6.61 Å². The third-order valence-corrected chi connectivity index (χ3v) is 4.04. The van der Waals surface area contributed by atoms with Gasteiger partial charge in [-0.3, -0.25) is 4.79 Å². The molecule has 0 unspecified atom stereocenters. The summed E-state index contributed by atoms with van der Waals surface area (Å²) in [5.74, 6) is -0.715. The Morgan fingerprint density at radius 2 is 1.86 bits per heavy atom. The van der Waals surface area contributed by atoms with Crippen LogP contribution in [0.2, 0.25) is 5.02 Å². The molecule has 5 heteroatoms. The number of hydrogen-bond acceptors (Lipinski definition) is 3. The van der Waals surface area contributed by atoms with Crippen molar-refractivity contribution in [2.45, 2.75) is 26.2 Å². The molecule has 114 valence electrons. The molecule has 1 aromatic rings. The average Bonchev–Trinajstić information content (AvgIpc) is 2.50. The number of ether oxygens (including phenoxy) is 1. The van der Waals surface area contributed by atoms with E-state index in [2.05, 4.69) is 0 Å². The maximum absolute atomic E-state index is 11.8. The molecule has 21 heavy (non-hydrogen) atoms. The van der Waals surface area contributed by atoms with E-state index in [1.54, 1.807) is 11.8 Å². The van der Waals surface area contributed by atoms with Crippen LogP contribution in [0.3, 0.4) is 0 Å². The Bertz CT molecular complexity index is 493. The zero-order valence-corrected chi connectivity index (χ0v) is 12.9. The van der Waals surface area contributed by atoms with Crippen LogP contribution in [-0.4, -0.2) is 36.5 Å². The van der Waals surface area contributed by atoms with Crippen LogP contribution >= 0.6 is 11.6 Å². The Balaban J connectivity index is 1.81. The van der Waals surface area contributed by atoms with E-state index >= 15 is 0 Å². The van der Waals surface area contributed by atoms with Crippen molar-refractivity contribution in [1.29, 1.82) is 0 Å². The van der Waals surface area contributed by atoms with Gasteiger partial charge in [-0.15, -0.1) is 0 Å². The first-order chi connectivity index (χ1) is 10.1. The van der Waals surface area contributed by atoms with Gasteiger partial charge in [0.2, 0.25) is 0 Å². The third-order valence-electron chi connectivity index (χ3n) is 3.79. The summed E-state index contributed by atoms with van der Waals surface area (Å²) in [7, 11) is 0. The van der Waals surface area contributed by atoms with Crippen molar-refractivity contribution in [2.75, 3.05) is 19.7 Å². The fraction of sp³-hybridized carbons (Fsp3) is 0.500. The van der Waals surface area contributed by atoms with Gasteiger partial charge in [0.25, 0.3) is 0 Å². The molecule has 1 aromatic carbocycles. The lowest BCUT2D eigenvalue weighted by molar-refractivity contribution is -0.160. The SMILES string of the molecule is CCOC(=O)C(=O)N1CCC(Cc2ccc(Cl)cc2)CC1. The van der Waals surface area contributed by atoms with E-state index in [4.69, 9.17) is 16.3 Å². The molecule has 1 saturated heterocycles. The summed E-state index contributed by atoms with van der Waals surface area (Å²) in [4.78, 5) is 24.8. The number of nitrogens with zero attached hydrogens (tertiary/aromatic N) is 1. The highest BCUT2D eigenvalue weighted by molar-refractivity contribution is 6.32. The lowest BCUT2D eigenvalue weighted by atomic mass is 9.90. The van der Waals surface area contributed by atoms with Crippen molar-refractivity contribution in [3.8, 4) is 0 Å². The molecule has 0 aliphatic carbocycles. The van der Waals surface area contributed by atoms with Gasteiger partial charge < -0.3 is 9.64 Å². The smallest absolute Gasteiger partial charge is 0.397 e. The summed E-state index contributed by atoms with van der Waals surface area (Å²) in [6.45, 7) is 3.17. The minimum Gasteiger partial charge on any atom is -0.459 e. The molecule has 4 nitrogen and oxygen atoms in total. The fourth-order valence-corrected chi connectivity index (χ4v) is 2.74. The topological polar surface area (TPSA) is 46.6 Å². The fourth-order valence-electron chi connectivity index (χ4n) is 2.62. The number of piperidine rings is 1. The van der Waals surface area contributed by atoms with E-state index in [0.717, 1.165) is 24.3 Å². The number of halogens is 1. The molecular weight excluding hydrogens is 290 g/mol. The first kappa shape index (κ1) is 15.8. The normalized spacial score (nSPS) is 15.8. The van der Waals surface area contributed by atoms with Crippen LogP contribution in [0.5, 0.6) is 0 Å². The summed E-state index contributed by atoms with van der Waals surface area (Å²) in [5.41, 5.74) is 1.26. The molecule has 1 heterocycles. The lowest BCUT2D eigenvalue weighted by Crippen LogP contribution is -2.43. The zero-order valence-electron chi connectivity index (χ0n) is 12.2. The second-order valence-electron chi connectivity index (χ2n) is 5.29. The van der Waals surface area contributed by atoms with Crippen LogP contribution in [-0.2, 0) is 20.7 Å². The van der Waals surface area contributed by atoms with Crippen molar-refractivity contribution >= 4 is 23.5 Å². The van der Waals surface area contributed by atoms with Gasteiger partial charge in [-0.05, 0) is 49.8 Å². The summed E-state index contributed by atoms with van der Waals surface area (Å²) in [6, 6.07) is 7.88. The second-order valence-corrected chi connectivity index (χ2v) is 5.72. The maximum Gasteiger partial charge on any atom is 0.397 e. The molecule has 0 atom stereocenters. The monoisotopic (exact) mass is 309 g/mol. The van der Waals surface area contributed by atoms with Crippen LogP contribution in [0.15, 0.2) is 24.3 Å². The quantitative estimate of drug-likeness (QED) is 0.637. The first-order valence-electron chi connectivity index (χ1n) is 7.30. The van der Waals surface area contributed by atoms with Crippen LogP contribution < -0.4 is 0 Å². The van der Waals surface area contributed by atoms with Gasteiger partial charge in [0.05, 0.1) is 6.61 Å². The predicted octanol–water partition coefficient (Wildman–Crippen LogP) is 2.68. The zero-order chi connectivity index (χ0) is 15.2. The van der Waals surface area contributed by atoms with Gasteiger partial charge in [-0.1, -0.05) is 23.7 Å². The van der Waals surface area contributed by atoms with Crippen molar-refractivity contribution < 1.29 is 14.3 Å². The summed E-state index contributed by atoms with van der Waals surface area (Å²) in [6.07, 6.45) is 2.81. The molecule has 0 aromatic heterocycles. The van der Waals surface area contributed by atoms with Gasteiger partial charge in [0, 0.05) is 18.1 Å². The van der Waals surface area contributed by atoms with Gasteiger partial charge in [0.15, 0.2) is 0 Å². The van der Waals surface area contributed by atoms with Crippen molar-refractivity contribution in [2.24, 2.45) is 5.92 Å². The molecular formula is C16H20ClNO3. The first-order valence-corrected chi connectivity index (χ1v) is 7.68. The van der Waals surface area contributed by atoms with Gasteiger partial charge >= 0.3 is 11.9 Å². The van der Waals surface area contributed by atoms with E-state index in [1.807, 2.05) is 24.3 Å². The van der Waals surface area contributed by atoms with Crippen LogP contribution in [0, 0.1) is 5.92 Å². The van der Waals surface area contributed by atoms with E-state index in [0.29, 0.717) is 19.0 Å². The molecule has 0 spiro atoms. The lowest BCUT2D eigenvalue weighted by Gasteiger charge is -2.31. The summed E-state index contributed by atoms with van der Waals surface area (Å²) < 4.78 is 4.75. The number of rotatable bonds is 3. The molecule has 1 amide bonds. The number of amides is 1. The second kappa shape index (κ2) is 7.46. The number of carbonyl (C=O) groups is 2. The number of benzene rings is 1. The highest BCUT2D eigenvalue weighted by Crippen LogP contribution is 2.22. The molecule has 1 aliphatic heterocycles. The molecule has 1 aliphatic rings. The van der Waals surface area contributed by atoms with Crippen molar-refractivity contribution in [1.82, 2.24) is 4.90 Å². The molecule has 0 radical (unpaired) electrons. The number of hydrogen-bond donors (Lipinski definition) is 0. The molecule has 2 rings (SSSR count). The van der Waals surface area contributed by atoms with E-state index in [9.17, 15) is 9.59 Å². The van der Waals surface area contributed by atoms with Crippen molar-refractivity contribution in [3.63, 3.8) is 0 Å². The molecule has 0 bridgehead atoms. The van der Waals surface area contributed by atoms with Crippen molar-refractivity contribution in [3.05, 3.63) is 34.9 Å². The molecule has 0 saturated carbocycles. The summed E-state index contributed by atoms with van der Waals surface area (Å²) >= 11 is 5.88. The highest BCUT2D eigenvalue weighted by atomic mass is 35.5. The Hall–Kier alpha value is -1.55. The van der Waals surface area contributed by atoms with E-state index in [1.165, 1.54) is 5.56 Å². The predicted molar refractivity (Wildman–Crippen MR) is 81.1 cm³/mol. The number of esters is 1. The number of likely N-dealkylation sites (tertiary alicyclic amines) is 1. The third kappa shape index (κ3) is 4.46. The minimum absolute atomic E-state index is 0.234. The maximum atomic E-state index is 11.8. The largest absolute Gasteiger partial charge is 0.459 e. The Labute approximate surface area is 130 Å². The molecule has 0 N–H and O–H groups in total. The standard InChI is InChI=1S/C16H20ClNO3/c1-2-21-16(20)15(19)18-9-7-13(8-10-18)11-12-3-5-14(17)6-4-12/h3-6,13H,2,7-11H2,1H3. The minimum atomic E-state index is -0.742. The number of carbonyl (C=O) groups excluding carboxylic acids is 2. The summed E-state index contributed by atoms with van der Waals surface area (Å²) in [5, 5.41) is 0.744. The van der Waals surface area contributed by atoms with Gasteiger partial charge in [-0.2, -0.15) is 0 Å². The molecule has 1 fully saturated rings. The highest BCUT2D eigenvalue weighted by Gasteiger charge is 2.27. The average molecular weight is 310 g/mol. The Kier molecular flexibility index (Phi) is 5.62. The van der Waals surface area contributed by atoms with Crippen LogP contribution in [0.4, 0.5) is 0 Å². The van der Waals surface area contributed by atoms with Crippen LogP contribution in [0.25, 0.3) is 0 Å².